The molecule has 5 aromatic rings. The van der Waals surface area contributed by atoms with Crippen LogP contribution in [0.2, 0.25) is 0 Å². The normalized spacial score (nSPS) is 11.2. The maximum Gasteiger partial charge on any atom is 0.297 e. The summed E-state index contributed by atoms with van der Waals surface area (Å²) in [7, 11) is 5.13. The Balaban J connectivity index is 1.70. The van der Waals surface area contributed by atoms with E-state index in [1.54, 1.807) is 7.05 Å². The van der Waals surface area contributed by atoms with Gasteiger partial charge in [0.2, 0.25) is 11.7 Å². The van der Waals surface area contributed by atoms with E-state index in [1.807, 2.05) is 72.6 Å². The smallest absolute Gasteiger partial charge is 0.297 e. The highest BCUT2D eigenvalue weighted by molar-refractivity contribution is 5.79. The number of anilines is 1. The quantitative estimate of drug-likeness (QED) is 0.410. The molecule has 0 aliphatic heterocycles. The summed E-state index contributed by atoms with van der Waals surface area (Å²) in [4.78, 5) is 28.2. The minimum Gasteiger partial charge on any atom is -0.489 e. The van der Waals surface area contributed by atoms with E-state index in [-0.39, 0.29) is 17.4 Å². The molecule has 0 atom stereocenters. The average molecular weight is 452 g/mol. The van der Waals surface area contributed by atoms with Gasteiger partial charge in [0, 0.05) is 14.1 Å². The van der Waals surface area contributed by atoms with Crippen molar-refractivity contribution in [3.63, 3.8) is 0 Å². The Morgan fingerprint density at radius 3 is 2.06 bits per heavy atom. The summed E-state index contributed by atoms with van der Waals surface area (Å²) in [5.74, 6) is 1.13. The number of rotatable bonds is 6. The van der Waals surface area contributed by atoms with Crippen molar-refractivity contribution in [1.82, 2.24) is 19.5 Å². The zero-order chi connectivity index (χ0) is 23.7. The number of para-hydroxylation sites is 2. The molecule has 0 spiro atoms. The fraction of sp³-hybridized carbons (Fsp3) is 0.148. The molecule has 0 aliphatic rings. The predicted octanol–water partition coefficient (Wildman–Crippen LogP) is 4.56. The van der Waals surface area contributed by atoms with Crippen LogP contribution >= 0.6 is 0 Å². The average Bonchev–Trinajstić information content (AvgIpc) is 3.31. The number of benzene rings is 3. The molecule has 0 amide bonds. The largest absolute Gasteiger partial charge is 0.489 e. The zero-order valence-corrected chi connectivity index (χ0v) is 19.3. The number of methoxy groups -OCH3 is 1. The lowest BCUT2D eigenvalue weighted by Crippen LogP contribution is -2.33. The summed E-state index contributed by atoms with van der Waals surface area (Å²) >= 11 is 0. The van der Waals surface area contributed by atoms with Gasteiger partial charge < -0.3 is 14.6 Å². The molecule has 34 heavy (non-hydrogen) atoms. The number of nitrogens with zero attached hydrogens (tertiary/aromatic N) is 4. The van der Waals surface area contributed by atoms with Crippen molar-refractivity contribution in [1.29, 1.82) is 0 Å². The summed E-state index contributed by atoms with van der Waals surface area (Å²) in [6.45, 7) is 0. The number of fused-ring (bicyclic) bond motifs is 1. The number of hydrogen-bond acceptors (Lipinski definition) is 5. The van der Waals surface area contributed by atoms with E-state index < -0.39 is 0 Å². The fourth-order valence-electron chi connectivity index (χ4n) is 4.32. The highest BCUT2D eigenvalue weighted by atomic mass is 16.5. The van der Waals surface area contributed by atoms with E-state index >= 15 is 0 Å². The molecular formula is C27H25N5O2. The van der Waals surface area contributed by atoms with Crippen molar-refractivity contribution in [3.05, 3.63) is 106 Å². The molecule has 1 N–H and O–H groups in total. The summed E-state index contributed by atoms with van der Waals surface area (Å²) in [5.41, 5.74) is 3.93. The number of nitrogens with one attached hydrogen (secondary N) is 1. The first-order valence-corrected chi connectivity index (χ1v) is 11.0. The third-order valence-corrected chi connectivity index (χ3v) is 5.98. The topological polar surface area (TPSA) is 76.0 Å². The fourth-order valence-corrected chi connectivity index (χ4v) is 4.32. The Morgan fingerprint density at radius 1 is 0.882 bits per heavy atom. The van der Waals surface area contributed by atoms with Gasteiger partial charge in [-0.2, -0.15) is 0 Å². The van der Waals surface area contributed by atoms with Gasteiger partial charge in [-0.25, -0.2) is 9.97 Å². The number of ether oxygens (including phenoxy) is 1. The molecule has 0 aliphatic carbocycles. The number of aromatic amines is 1. The summed E-state index contributed by atoms with van der Waals surface area (Å²) in [5, 5.41) is 0. The number of aromatic nitrogens is 4. The summed E-state index contributed by atoms with van der Waals surface area (Å²) in [6.07, 6.45) is 0. The van der Waals surface area contributed by atoms with E-state index in [9.17, 15) is 4.79 Å². The van der Waals surface area contributed by atoms with Crippen LogP contribution in [0.5, 0.6) is 5.75 Å². The third kappa shape index (κ3) is 3.71. The van der Waals surface area contributed by atoms with Gasteiger partial charge in [-0.05, 0) is 23.3 Å². The Morgan fingerprint density at radius 2 is 1.47 bits per heavy atom. The van der Waals surface area contributed by atoms with Crippen molar-refractivity contribution in [3.8, 4) is 17.3 Å². The van der Waals surface area contributed by atoms with Crippen molar-refractivity contribution < 1.29 is 4.74 Å². The molecule has 0 saturated carbocycles. The maximum atomic E-state index is 13.4. The second-order valence-electron chi connectivity index (χ2n) is 8.10. The van der Waals surface area contributed by atoms with Gasteiger partial charge in [-0.15, -0.1) is 0 Å². The van der Waals surface area contributed by atoms with Gasteiger partial charge in [-0.1, -0.05) is 72.8 Å². The van der Waals surface area contributed by atoms with Gasteiger partial charge in [0.1, 0.15) is 0 Å². The van der Waals surface area contributed by atoms with E-state index in [0.29, 0.717) is 17.5 Å². The van der Waals surface area contributed by atoms with E-state index in [4.69, 9.17) is 9.72 Å². The van der Waals surface area contributed by atoms with Crippen LogP contribution in [0.15, 0.2) is 89.7 Å². The Bertz CT molecular complexity index is 1420. The molecular weight excluding hydrogens is 426 g/mol. The van der Waals surface area contributed by atoms with Crippen LogP contribution < -0.4 is 15.2 Å². The molecule has 7 nitrogen and oxygen atoms in total. The first-order chi connectivity index (χ1) is 16.6. The van der Waals surface area contributed by atoms with Crippen LogP contribution in [0, 0.1) is 0 Å². The van der Waals surface area contributed by atoms with Crippen molar-refractivity contribution in [2.24, 2.45) is 7.05 Å². The van der Waals surface area contributed by atoms with Crippen LogP contribution in [0.4, 0.5) is 5.95 Å². The van der Waals surface area contributed by atoms with Crippen molar-refractivity contribution >= 4 is 17.0 Å². The monoisotopic (exact) mass is 451 g/mol. The predicted molar refractivity (Wildman–Crippen MR) is 134 cm³/mol. The molecule has 0 unspecified atom stereocenters. The van der Waals surface area contributed by atoms with Crippen LogP contribution in [0.3, 0.4) is 0 Å². The molecule has 0 saturated heterocycles. The Hall–Kier alpha value is -4.39. The Kier molecular flexibility index (Phi) is 5.59. The summed E-state index contributed by atoms with van der Waals surface area (Å²) in [6, 6.07) is 27.9. The van der Waals surface area contributed by atoms with Crippen molar-refractivity contribution in [2.75, 3.05) is 19.1 Å². The molecule has 0 fully saturated rings. The first kappa shape index (κ1) is 21.5. The minimum absolute atomic E-state index is 0.148. The van der Waals surface area contributed by atoms with Gasteiger partial charge in [-0.3, -0.25) is 9.36 Å². The van der Waals surface area contributed by atoms with E-state index in [0.717, 1.165) is 22.2 Å². The molecule has 2 heterocycles. The van der Waals surface area contributed by atoms with Gasteiger partial charge >= 0.3 is 0 Å². The van der Waals surface area contributed by atoms with Gasteiger partial charge in [0.15, 0.2) is 11.5 Å². The van der Waals surface area contributed by atoms with E-state index in [2.05, 4.69) is 34.2 Å². The Labute approximate surface area is 197 Å². The lowest BCUT2D eigenvalue weighted by atomic mass is 9.97. The van der Waals surface area contributed by atoms with Crippen LogP contribution in [0.25, 0.3) is 22.6 Å². The lowest BCUT2D eigenvalue weighted by molar-refractivity contribution is 0.403. The lowest BCUT2D eigenvalue weighted by Gasteiger charge is -2.31. The van der Waals surface area contributed by atoms with Crippen LogP contribution in [-0.2, 0) is 7.05 Å². The highest BCUT2D eigenvalue weighted by Gasteiger charge is 2.26. The SMILES string of the molecule is COc1c(-c2nc3ccccc3[nH]2)nc(N(C)C(c2ccccc2)c2ccccc2)n(C)c1=O. The van der Waals surface area contributed by atoms with Gasteiger partial charge in [0.25, 0.3) is 5.56 Å². The molecule has 3 aromatic carbocycles. The first-order valence-electron chi connectivity index (χ1n) is 11.0. The molecule has 0 bridgehead atoms. The zero-order valence-electron chi connectivity index (χ0n) is 19.3. The van der Waals surface area contributed by atoms with Gasteiger partial charge in [0.05, 0.1) is 24.2 Å². The van der Waals surface area contributed by atoms with Crippen molar-refractivity contribution in [2.45, 2.75) is 6.04 Å². The molecule has 5 rings (SSSR count). The van der Waals surface area contributed by atoms with Crippen LogP contribution in [0.1, 0.15) is 17.2 Å². The standard InChI is InChI=1S/C27H25N5O2/c1-31(23(18-12-6-4-7-13-18)19-14-8-5-9-15-19)27-30-22(24(34-3)26(33)32(27)2)25-28-20-16-10-11-17-21(20)29-25/h4-17,23H,1-3H3,(H,28,29). The number of hydrogen-bond donors (Lipinski definition) is 1. The number of H-pyrrole nitrogens is 1. The number of imidazole rings is 1. The molecule has 0 radical (unpaired) electrons. The third-order valence-electron chi connectivity index (χ3n) is 5.98. The molecule has 7 heteroatoms. The second-order valence-corrected chi connectivity index (χ2v) is 8.10. The van der Waals surface area contributed by atoms with Crippen LogP contribution in [-0.4, -0.2) is 33.7 Å². The second kappa shape index (κ2) is 8.86. The maximum absolute atomic E-state index is 13.4. The minimum atomic E-state index is -0.283. The molecule has 2 aromatic heterocycles. The highest BCUT2D eigenvalue weighted by Crippen LogP contribution is 2.33. The van der Waals surface area contributed by atoms with E-state index in [1.165, 1.54) is 11.7 Å². The molecule has 170 valence electrons. The summed E-state index contributed by atoms with van der Waals surface area (Å²) < 4.78 is 7.02.